The highest BCUT2D eigenvalue weighted by Gasteiger charge is 2.36. The van der Waals surface area contributed by atoms with Crippen molar-refractivity contribution >= 4 is 28.3 Å². The predicted octanol–water partition coefficient (Wildman–Crippen LogP) is 0.643. The van der Waals surface area contributed by atoms with Crippen molar-refractivity contribution in [1.29, 1.82) is 0 Å². The number of nitrogens with two attached hydrogens (primary N) is 2. The van der Waals surface area contributed by atoms with Gasteiger partial charge in [-0.15, -0.1) is 12.4 Å². The van der Waals surface area contributed by atoms with Gasteiger partial charge in [0.1, 0.15) is 0 Å². The Balaban J connectivity index is 0.00000220. The highest BCUT2D eigenvalue weighted by molar-refractivity contribution is 7.89. The zero-order valence-corrected chi connectivity index (χ0v) is 13.2. The monoisotopic (exact) mass is 333 g/mol. The van der Waals surface area contributed by atoms with Gasteiger partial charge in [0.05, 0.1) is 10.4 Å². The number of amides is 1. The number of hydrogen-bond acceptors (Lipinski definition) is 4. The molecule has 0 heterocycles. The van der Waals surface area contributed by atoms with Gasteiger partial charge in [-0.1, -0.05) is 25.0 Å². The average Bonchev–Trinajstić information content (AvgIpc) is 2.83. The lowest BCUT2D eigenvalue weighted by molar-refractivity contribution is -0.126. The van der Waals surface area contributed by atoms with E-state index >= 15 is 0 Å². The van der Waals surface area contributed by atoms with Crippen molar-refractivity contribution in [2.75, 3.05) is 0 Å². The van der Waals surface area contributed by atoms with Crippen molar-refractivity contribution in [1.82, 2.24) is 5.32 Å². The summed E-state index contributed by atoms with van der Waals surface area (Å²) >= 11 is 0. The fourth-order valence-electron chi connectivity index (χ4n) is 2.42. The van der Waals surface area contributed by atoms with Crippen molar-refractivity contribution in [3.63, 3.8) is 0 Å². The number of halogens is 1. The summed E-state index contributed by atoms with van der Waals surface area (Å²) in [5.74, 6) is -0.184. The van der Waals surface area contributed by atoms with Gasteiger partial charge in [-0.2, -0.15) is 0 Å². The van der Waals surface area contributed by atoms with E-state index in [2.05, 4.69) is 5.32 Å². The molecule has 118 valence electrons. The third kappa shape index (κ3) is 4.41. The second-order valence-corrected chi connectivity index (χ2v) is 6.80. The minimum atomic E-state index is -3.73. The van der Waals surface area contributed by atoms with Crippen LogP contribution in [0.5, 0.6) is 0 Å². The van der Waals surface area contributed by atoms with E-state index in [1.165, 1.54) is 12.1 Å². The molecule has 2 rings (SSSR count). The van der Waals surface area contributed by atoms with Crippen LogP contribution in [0.2, 0.25) is 0 Å². The summed E-state index contributed by atoms with van der Waals surface area (Å²) in [7, 11) is -3.73. The molecule has 1 fully saturated rings. The number of rotatable bonds is 4. The van der Waals surface area contributed by atoms with E-state index in [0.29, 0.717) is 18.4 Å². The standard InChI is InChI=1S/C13H19N3O3S.ClH/c14-13(6-1-2-7-13)12(17)16-9-10-4-3-5-11(8-10)20(15,18)19;/h3-5,8H,1-2,6-7,9,14H2,(H,16,17)(H2,15,18,19);1H. The molecule has 0 saturated heterocycles. The number of primary sulfonamides is 1. The summed E-state index contributed by atoms with van der Waals surface area (Å²) in [4.78, 5) is 12.1. The van der Waals surface area contributed by atoms with Crippen LogP contribution in [0.15, 0.2) is 29.2 Å². The molecule has 0 aromatic heterocycles. The quantitative estimate of drug-likeness (QED) is 0.750. The van der Waals surface area contributed by atoms with Gasteiger partial charge in [0.25, 0.3) is 0 Å². The molecule has 0 spiro atoms. The molecule has 0 aliphatic heterocycles. The van der Waals surface area contributed by atoms with Crippen LogP contribution in [0.4, 0.5) is 0 Å². The minimum Gasteiger partial charge on any atom is -0.350 e. The van der Waals surface area contributed by atoms with Gasteiger partial charge in [-0.05, 0) is 30.5 Å². The number of benzene rings is 1. The first-order valence-electron chi connectivity index (χ1n) is 6.50. The van der Waals surface area contributed by atoms with Crippen molar-refractivity contribution in [3.8, 4) is 0 Å². The van der Waals surface area contributed by atoms with Gasteiger partial charge in [0.2, 0.25) is 15.9 Å². The van der Waals surface area contributed by atoms with Crippen LogP contribution in [0.25, 0.3) is 0 Å². The topological polar surface area (TPSA) is 115 Å². The summed E-state index contributed by atoms with van der Waals surface area (Å²) < 4.78 is 22.5. The molecule has 1 aliphatic rings. The molecule has 0 atom stereocenters. The molecular weight excluding hydrogens is 314 g/mol. The Morgan fingerprint density at radius 2 is 1.90 bits per heavy atom. The second-order valence-electron chi connectivity index (χ2n) is 5.24. The lowest BCUT2D eigenvalue weighted by Gasteiger charge is -2.22. The molecule has 0 radical (unpaired) electrons. The maximum absolute atomic E-state index is 12.0. The van der Waals surface area contributed by atoms with Gasteiger partial charge < -0.3 is 11.1 Å². The molecule has 1 saturated carbocycles. The van der Waals surface area contributed by atoms with E-state index in [1.54, 1.807) is 12.1 Å². The Morgan fingerprint density at radius 3 is 2.48 bits per heavy atom. The average molecular weight is 334 g/mol. The minimum absolute atomic E-state index is 0. The number of carbonyl (C=O) groups excluding carboxylic acids is 1. The van der Waals surface area contributed by atoms with Crippen molar-refractivity contribution in [2.24, 2.45) is 10.9 Å². The van der Waals surface area contributed by atoms with Crippen molar-refractivity contribution in [3.05, 3.63) is 29.8 Å². The molecule has 21 heavy (non-hydrogen) atoms. The predicted molar refractivity (Wildman–Crippen MR) is 82.3 cm³/mol. The normalized spacial score (nSPS) is 17.0. The number of sulfonamides is 1. The van der Waals surface area contributed by atoms with E-state index in [9.17, 15) is 13.2 Å². The van der Waals surface area contributed by atoms with Crippen LogP contribution in [-0.4, -0.2) is 19.9 Å². The van der Waals surface area contributed by atoms with Crippen LogP contribution in [0.1, 0.15) is 31.2 Å². The fourth-order valence-corrected chi connectivity index (χ4v) is 3.01. The third-order valence-corrected chi connectivity index (χ3v) is 4.54. The van der Waals surface area contributed by atoms with E-state index in [4.69, 9.17) is 10.9 Å². The smallest absolute Gasteiger partial charge is 0.240 e. The largest absolute Gasteiger partial charge is 0.350 e. The van der Waals surface area contributed by atoms with Gasteiger partial charge in [-0.25, -0.2) is 13.6 Å². The molecule has 6 nitrogen and oxygen atoms in total. The molecule has 1 aromatic carbocycles. The summed E-state index contributed by atoms with van der Waals surface area (Å²) in [5.41, 5.74) is 5.93. The van der Waals surface area contributed by atoms with E-state index in [1.807, 2.05) is 0 Å². The molecule has 8 heteroatoms. The Kier molecular flexibility index (Phi) is 5.75. The van der Waals surface area contributed by atoms with Crippen LogP contribution in [0, 0.1) is 0 Å². The Hall–Kier alpha value is -1.15. The number of carbonyl (C=O) groups is 1. The molecule has 1 aromatic rings. The van der Waals surface area contributed by atoms with Crippen LogP contribution in [-0.2, 0) is 21.4 Å². The summed E-state index contributed by atoms with van der Waals surface area (Å²) in [6.07, 6.45) is 3.31. The number of nitrogens with one attached hydrogen (secondary N) is 1. The third-order valence-electron chi connectivity index (χ3n) is 3.63. The first-order chi connectivity index (χ1) is 9.31. The Labute approximate surface area is 130 Å². The molecule has 1 aliphatic carbocycles. The lowest BCUT2D eigenvalue weighted by atomic mass is 9.98. The maximum Gasteiger partial charge on any atom is 0.240 e. The highest BCUT2D eigenvalue weighted by Crippen LogP contribution is 2.27. The fraction of sp³-hybridized carbons (Fsp3) is 0.462. The van der Waals surface area contributed by atoms with E-state index in [0.717, 1.165) is 12.8 Å². The maximum atomic E-state index is 12.0. The van der Waals surface area contributed by atoms with Crippen LogP contribution in [0.3, 0.4) is 0 Å². The Bertz CT molecular complexity index is 613. The van der Waals surface area contributed by atoms with Crippen molar-refractivity contribution in [2.45, 2.75) is 42.7 Å². The summed E-state index contributed by atoms with van der Waals surface area (Å²) in [6.45, 7) is 0.237. The number of hydrogen-bond donors (Lipinski definition) is 3. The van der Waals surface area contributed by atoms with Gasteiger partial charge in [-0.3, -0.25) is 4.79 Å². The molecule has 0 bridgehead atoms. The van der Waals surface area contributed by atoms with Gasteiger partial charge in [0, 0.05) is 6.54 Å². The Morgan fingerprint density at radius 1 is 1.29 bits per heavy atom. The first-order valence-corrected chi connectivity index (χ1v) is 8.05. The van der Waals surface area contributed by atoms with Crippen molar-refractivity contribution < 1.29 is 13.2 Å². The van der Waals surface area contributed by atoms with Gasteiger partial charge >= 0.3 is 0 Å². The SMILES string of the molecule is Cl.NC1(C(=O)NCc2cccc(S(N)(=O)=O)c2)CCCC1. The van der Waals surface area contributed by atoms with Crippen LogP contribution < -0.4 is 16.2 Å². The first kappa shape index (κ1) is 17.9. The second kappa shape index (κ2) is 6.74. The van der Waals surface area contributed by atoms with Gasteiger partial charge in [0.15, 0.2) is 0 Å². The van der Waals surface area contributed by atoms with Crippen LogP contribution >= 0.6 is 12.4 Å². The highest BCUT2D eigenvalue weighted by atomic mass is 35.5. The lowest BCUT2D eigenvalue weighted by Crippen LogP contribution is -2.51. The molecule has 0 unspecified atom stereocenters. The zero-order valence-electron chi connectivity index (χ0n) is 11.5. The molecule has 5 N–H and O–H groups in total. The molecule has 1 amide bonds. The summed E-state index contributed by atoms with van der Waals surface area (Å²) in [5, 5.41) is 7.83. The summed E-state index contributed by atoms with van der Waals surface area (Å²) in [6, 6.07) is 6.19. The zero-order chi connectivity index (χ0) is 14.8. The van der Waals surface area contributed by atoms with E-state index < -0.39 is 15.6 Å². The van der Waals surface area contributed by atoms with E-state index in [-0.39, 0.29) is 29.8 Å². The molecular formula is C13H20ClN3O3S.